The number of primary amides is 1. The summed E-state index contributed by atoms with van der Waals surface area (Å²) in [6.45, 7) is 0. The van der Waals surface area contributed by atoms with Crippen molar-refractivity contribution in [2.75, 3.05) is 12.4 Å². The molecule has 0 spiro atoms. The van der Waals surface area contributed by atoms with Gasteiger partial charge in [0.2, 0.25) is 5.91 Å². The molecule has 0 radical (unpaired) electrons. The third-order valence-corrected chi connectivity index (χ3v) is 5.54. The molecule has 1 unspecified atom stereocenters. The van der Waals surface area contributed by atoms with Gasteiger partial charge in [0.1, 0.15) is 0 Å². The van der Waals surface area contributed by atoms with Crippen molar-refractivity contribution in [2.24, 2.45) is 11.7 Å². The number of anilines is 1. The summed E-state index contributed by atoms with van der Waals surface area (Å²) >= 11 is 6.40. The number of rotatable bonds is 5. The topological polar surface area (TPSA) is 99.2 Å². The fourth-order valence-corrected chi connectivity index (χ4v) is 3.61. The number of nitrogens with two attached hydrogens (primary N) is 1. The monoisotopic (exact) mass is 396 g/mol. The summed E-state index contributed by atoms with van der Waals surface area (Å²) in [5, 5.41) is 12.8. The van der Waals surface area contributed by atoms with Crippen molar-refractivity contribution in [3.05, 3.63) is 64.7 Å². The number of hydrogen-bond acceptors (Lipinski definition) is 3. The zero-order valence-corrected chi connectivity index (χ0v) is 16.2. The Morgan fingerprint density at radius 3 is 2.50 bits per heavy atom. The first kappa shape index (κ1) is 19.7. The van der Waals surface area contributed by atoms with E-state index in [2.05, 4.69) is 11.4 Å². The molecule has 2 aromatic rings. The number of carbonyl (C=O) groups is 2. The van der Waals surface area contributed by atoms with Gasteiger partial charge >= 0.3 is 6.03 Å². The molecule has 6 nitrogen and oxygen atoms in total. The summed E-state index contributed by atoms with van der Waals surface area (Å²) in [6, 6.07) is 16.5. The van der Waals surface area contributed by atoms with Crippen LogP contribution in [0.1, 0.15) is 29.9 Å². The van der Waals surface area contributed by atoms with Crippen molar-refractivity contribution in [1.82, 2.24) is 4.90 Å². The third kappa shape index (κ3) is 4.10. The lowest BCUT2D eigenvalue weighted by atomic mass is 9.79. The first-order chi connectivity index (χ1) is 13.4. The molecule has 0 aromatic heterocycles. The fourth-order valence-electron chi connectivity index (χ4n) is 3.32. The Morgan fingerprint density at radius 2 is 1.93 bits per heavy atom. The van der Waals surface area contributed by atoms with Gasteiger partial charge in [0, 0.05) is 29.7 Å². The van der Waals surface area contributed by atoms with E-state index in [4.69, 9.17) is 17.3 Å². The van der Waals surface area contributed by atoms with Gasteiger partial charge in [-0.1, -0.05) is 48.0 Å². The molecule has 1 aliphatic rings. The Bertz CT molecular complexity index is 920. The van der Waals surface area contributed by atoms with Gasteiger partial charge in [-0.2, -0.15) is 5.26 Å². The molecular formula is C21H21ClN4O2. The highest BCUT2D eigenvalue weighted by Gasteiger charge is 2.37. The number of benzene rings is 2. The molecule has 144 valence electrons. The van der Waals surface area contributed by atoms with Crippen molar-refractivity contribution in [3.63, 3.8) is 0 Å². The molecule has 0 saturated heterocycles. The maximum Gasteiger partial charge on any atom is 0.321 e. The largest absolute Gasteiger partial charge is 0.369 e. The molecule has 1 aliphatic carbocycles. The van der Waals surface area contributed by atoms with Crippen molar-refractivity contribution >= 4 is 29.2 Å². The summed E-state index contributed by atoms with van der Waals surface area (Å²) in [5.41, 5.74) is 7.36. The molecule has 3 amide bonds. The van der Waals surface area contributed by atoms with Gasteiger partial charge in [0.15, 0.2) is 0 Å². The summed E-state index contributed by atoms with van der Waals surface area (Å²) in [4.78, 5) is 25.1. The normalized spacial score (nSPS) is 19.0. The summed E-state index contributed by atoms with van der Waals surface area (Å²) in [7, 11) is 1.69. The second kappa shape index (κ2) is 8.32. The van der Waals surface area contributed by atoms with Gasteiger partial charge in [-0.05, 0) is 36.1 Å². The lowest BCUT2D eigenvalue weighted by Gasteiger charge is -2.39. The van der Waals surface area contributed by atoms with E-state index in [1.54, 1.807) is 30.1 Å². The van der Waals surface area contributed by atoms with Crippen molar-refractivity contribution in [3.8, 4) is 6.07 Å². The molecule has 2 aromatic carbocycles. The second-order valence-corrected chi connectivity index (χ2v) is 7.38. The van der Waals surface area contributed by atoms with Gasteiger partial charge in [-0.3, -0.25) is 4.79 Å². The van der Waals surface area contributed by atoms with E-state index in [9.17, 15) is 14.9 Å². The molecule has 1 fully saturated rings. The maximum atomic E-state index is 12.4. The van der Waals surface area contributed by atoms with E-state index in [1.807, 2.05) is 30.3 Å². The molecule has 0 bridgehead atoms. The molecule has 1 atom stereocenters. The Labute approximate surface area is 168 Å². The molecule has 3 N–H and O–H groups in total. The quantitative estimate of drug-likeness (QED) is 0.805. The molecular weight excluding hydrogens is 376 g/mol. The number of amides is 3. The summed E-state index contributed by atoms with van der Waals surface area (Å²) in [6.07, 6.45) is 1.17. The Kier molecular flexibility index (Phi) is 5.86. The zero-order chi connectivity index (χ0) is 20.3. The van der Waals surface area contributed by atoms with Crippen LogP contribution in [-0.4, -0.2) is 29.9 Å². The number of carbonyl (C=O) groups excluding carboxylic acids is 2. The van der Waals surface area contributed by atoms with Gasteiger partial charge in [0.25, 0.3) is 0 Å². The number of nitrogens with zero attached hydrogens (tertiary/aromatic N) is 2. The molecule has 1 saturated carbocycles. The van der Waals surface area contributed by atoms with E-state index >= 15 is 0 Å². The first-order valence-electron chi connectivity index (χ1n) is 8.97. The maximum absolute atomic E-state index is 12.4. The number of hydrogen-bond donors (Lipinski definition) is 2. The Hall–Kier alpha value is -3.04. The fraction of sp³-hybridized carbons (Fsp3) is 0.286. The van der Waals surface area contributed by atoms with E-state index in [-0.39, 0.29) is 23.9 Å². The van der Waals surface area contributed by atoms with E-state index in [0.717, 1.165) is 5.56 Å². The van der Waals surface area contributed by atoms with Crippen LogP contribution in [0, 0.1) is 17.2 Å². The van der Waals surface area contributed by atoms with E-state index in [1.165, 1.54) is 0 Å². The highest BCUT2D eigenvalue weighted by Crippen LogP contribution is 2.33. The van der Waals surface area contributed by atoms with Crippen LogP contribution in [0.25, 0.3) is 0 Å². The minimum Gasteiger partial charge on any atom is -0.369 e. The molecule has 0 aliphatic heterocycles. The van der Waals surface area contributed by atoms with Crippen molar-refractivity contribution in [1.29, 1.82) is 5.26 Å². The molecule has 7 heteroatoms. The van der Waals surface area contributed by atoms with Crippen LogP contribution in [0.3, 0.4) is 0 Å². The smallest absolute Gasteiger partial charge is 0.321 e. The number of nitrogens with one attached hydrogen (secondary N) is 1. The van der Waals surface area contributed by atoms with Crippen LogP contribution in [0.4, 0.5) is 10.5 Å². The molecule has 3 rings (SSSR count). The summed E-state index contributed by atoms with van der Waals surface area (Å²) < 4.78 is 0. The predicted octanol–water partition coefficient (Wildman–Crippen LogP) is 3.72. The Morgan fingerprint density at radius 1 is 1.25 bits per heavy atom. The minimum atomic E-state index is -0.484. The van der Waals surface area contributed by atoms with Crippen molar-refractivity contribution in [2.45, 2.75) is 24.8 Å². The highest BCUT2D eigenvalue weighted by molar-refractivity contribution is 6.31. The Balaban J connectivity index is 1.68. The zero-order valence-electron chi connectivity index (χ0n) is 15.4. The van der Waals surface area contributed by atoms with Crippen LogP contribution in [0.5, 0.6) is 0 Å². The van der Waals surface area contributed by atoms with Gasteiger partial charge in [-0.15, -0.1) is 0 Å². The molecule has 0 heterocycles. The van der Waals surface area contributed by atoms with Crippen molar-refractivity contribution < 1.29 is 9.59 Å². The number of halogens is 1. The first-order valence-corrected chi connectivity index (χ1v) is 9.35. The van der Waals surface area contributed by atoms with Crippen LogP contribution < -0.4 is 11.1 Å². The minimum absolute atomic E-state index is 0.00621. The average molecular weight is 397 g/mol. The average Bonchev–Trinajstić information content (AvgIpc) is 2.63. The highest BCUT2D eigenvalue weighted by atomic mass is 35.5. The SMILES string of the molecule is CN(C(=O)Nc1ccc(C(C#N)c2ccccc2)c(Cl)c1)C1CC(C(N)=O)C1. The van der Waals surface area contributed by atoms with E-state index < -0.39 is 5.92 Å². The van der Waals surface area contributed by atoms with Crippen LogP contribution in [0.15, 0.2) is 48.5 Å². The lowest BCUT2D eigenvalue weighted by Crippen LogP contribution is -2.50. The lowest BCUT2D eigenvalue weighted by molar-refractivity contribution is -0.125. The van der Waals surface area contributed by atoms with Gasteiger partial charge in [-0.25, -0.2) is 4.79 Å². The number of urea groups is 1. The van der Waals surface area contributed by atoms with Gasteiger partial charge < -0.3 is 16.0 Å². The third-order valence-electron chi connectivity index (χ3n) is 5.21. The van der Waals surface area contributed by atoms with Crippen LogP contribution in [-0.2, 0) is 4.79 Å². The van der Waals surface area contributed by atoms with Crippen LogP contribution >= 0.6 is 11.6 Å². The standard InChI is InChI=1S/C21H21ClN4O2/c1-26(16-9-14(10-16)20(24)27)21(28)25-15-7-8-17(19(22)11-15)18(12-23)13-5-3-2-4-6-13/h2-8,11,14,16,18H,9-10H2,1H3,(H2,24,27)(H,25,28). The predicted molar refractivity (Wildman–Crippen MR) is 108 cm³/mol. The molecule has 28 heavy (non-hydrogen) atoms. The summed E-state index contributed by atoms with van der Waals surface area (Å²) in [5.74, 6) is -0.963. The number of nitriles is 1. The van der Waals surface area contributed by atoms with E-state index in [0.29, 0.717) is 29.1 Å². The second-order valence-electron chi connectivity index (χ2n) is 6.97. The van der Waals surface area contributed by atoms with Crippen LogP contribution in [0.2, 0.25) is 5.02 Å². The van der Waals surface area contributed by atoms with Gasteiger partial charge in [0.05, 0.1) is 12.0 Å².